The third kappa shape index (κ3) is 4.43. The molecule has 1 N–H and O–H groups in total. The number of rotatable bonds is 6. The summed E-state index contributed by atoms with van der Waals surface area (Å²) in [4.78, 5) is 17.9. The van der Waals surface area contributed by atoms with Crippen molar-refractivity contribution in [2.45, 2.75) is 56.6 Å². The molecule has 5 rings (SSSR count). The topological polar surface area (TPSA) is 68.7 Å². The Labute approximate surface area is 208 Å². The first-order valence-electron chi connectivity index (χ1n) is 11.5. The van der Waals surface area contributed by atoms with Gasteiger partial charge in [0, 0.05) is 17.7 Å². The number of alkyl halides is 5. The smallest absolute Gasteiger partial charge is 0.395 e. The molecule has 3 aromatic rings. The van der Waals surface area contributed by atoms with E-state index in [1.54, 1.807) is 31.2 Å². The van der Waals surface area contributed by atoms with Crippen LogP contribution in [0.25, 0.3) is 11.3 Å². The molecule has 2 aromatic carbocycles. The lowest BCUT2D eigenvalue weighted by atomic mass is 9.88. The summed E-state index contributed by atoms with van der Waals surface area (Å²) >= 11 is 0. The molecule has 10 heteroatoms. The van der Waals surface area contributed by atoms with Gasteiger partial charge >= 0.3 is 12.5 Å². The van der Waals surface area contributed by atoms with E-state index < -0.39 is 23.5 Å². The zero-order chi connectivity index (χ0) is 26.8. The molecule has 1 saturated carbocycles. The molecule has 1 atom stereocenters. The van der Waals surface area contributed by atoms with E-state index in [0.29, 0.717) is 47.8 Å². The van der Waals surface area contributed by atoms with Gasteiger partial charge in [0.2, 0.25) is 0 Å². The maximum Gasteiger partial charge on any atom is 0.586 e. The van der Waals surface area contributed by atoms with Gasteiger partial charge in [-0.2, -0.15) is 13.2 Å². The van der Waals surface area contributed by atoms with Gasteiger partial charge in [-0.05, 0) is 67.6 Å². The zero-order valence-electron chi connectivity index (χ0n) is 19.8. The number of hydrogen-bond donors (Lipinski definition) is 1. The number of ether oxygens (including phenoxy) is 2. The molecule has 2 heterocycles. The van der Waals surface area contributed by atoms with Crippen LogP contribution >= 0.6 is 0 Å². The maximum absolute atomic E-state index is 13.4. The summed E-state index contributed by atoms with van der Waals surface area (Å²) in [5.74, 6) is -0.394. The number of fused-ring (bicyclic) bond motifs is 1. The highest BCUT2D eigenvalue weighted by molar-refractivity contribution is 5.94. The number of aliphatic hydroxyl groups is 1. The molecule has 1 fully saturated rings. The Morgan fingerprint density at radius 3 is 2.41 bits per heavy atom. The highest BCUT2D eigenvalue weighted by atomic mass is 19.4. The van der Waals surface area contributed by atoms with Gasteiger partial charge < -0.3 is 14.6 Å². The summed E-state index contributed by atoms with van der Waals surface area (Å²) in [5, 5.41) is 10.1. The fourth-order valence-corrected chi connectivity index (χ4v) is 4.53. The Balaban J connectivity index is 1.41. The Kier molecular flexibility index (Phi) is 5.60. The number of ketones is 1. The lowest BCUT2D eigenvalue weighted by Gasteiger charge is -2.27. The summed E-state index contributed by atoms with van der Waals surface area (Å²) in [5.41, 5.74) is -1.83. The average Bonchev–Trinajstić information content (AvgIpc) is 3.56. The van der Waals surface area contributed by atoms with Gasteiger partial charge in [0.1, 0.15) is 5.78 Å². The van der Waals surface area contributed by atoms with E-state index in [1.807, 2.05) is 0 Å². The number of halogens is 5. The van der Waals surface area contributed by atoms with E-state index in [0.717, 1.165) is 0 Å². The van der Waals surface area contributed by atoms with Gasteiger partial charge in [-0.1, -0.05) is 30.3 Å². The van der Waals surface area contributed by atoms with Crippen LogP contribution in [0.3, 0.4) is 0 Å². The second kappa shape index (κ2) is 8.24. The van der Waals surface area contributed by atoms with E-state index in [9.17, 15) is 31.9 Å². The number of carbonyl (C=O) groups excluding carboxylic acids is 1. The van der Waals surface area contributed by atoms with Gasteiger partial charge in [0.05, 0.1) is 11.1 Å². The highest BCUT2D eigenvalue weighted by Crippen LogP contribution is 2.52. The van der Waals surface area contributed by atoms with Crippen molar-refractivity contribution in [2.24, 2.45) is 0 Å². The third-order valence-corrected chi connectivity index (χ3v) is 6.98. The summed E-state index contributed by atoms with van der Waals surface area (Å²) in [7, 11) is 0. The molecule has 5 nitrogen and oxygen atoms in total. The minimum atomic E-state index is -4.87. The Morgan fingerprint density at radius 1 is 1.03 bits per heavy atom. The molecule has 1 aliphatic carbocycles. The molecule has 37 heavy (non-hydrogen) atoms. The maximum atomic E-state index is 13.4. The normalized spacial score (nSPS) is 18.8. The number of aromatic nitrogens is 1. The minimum Gasteiger partial charge on any atom is -0.395 e. The monoisotopic (exact) mass is 519 g/mol. The molecule has 1 aromatic heterocycles. The summed E-state index contributed by atoms with van der Waals surface area (Å²) in [6.07, 6.45) is -7.61. The molecule has 2 aliphatic rings. The van der Waals surface area contributed by atoms with Crippen molar-refractivity contribution in [1.82, 2.24) is 4.98 Å². The second-order valence-corrected chi connectivity index (χ2v) is 9.63. The van der Waals surface area contributed by atoms with E-state index in [2.05, 4.69) is 14.5 Å². The zero-order valence-corrected chi connectivity index (χ0v) is 19.8. The summed E-state index contributed by atoms with van der Waals surface area (Å²) < 4.78 is 75.8. The Morgan fingerprint density at radius 2 is 1.73 bits per heavy atom. The predicted molar refractivity (Wildman–Crippen MR) is 122 cm³/mol. The average molecular weight is 519 g/mol. The number of carbonyl (C=O) groups is 1. The van der Waals surface area contributed by atoms with Gasteiger partial charge in [-0.25, -0.2) is 0 Å². The van der Waals surface area contributed by atoms with E-state index in [1.165, 1.54) is 30.3 Å². The summed E-state index contributed by atoms with van der Waals surface area (Å²) in [6, 6.07) is 13.1. The van der Waals surface area contributed by atoms with Crippen molar-refractivity contribution in [1.29, 1.82) is 0 Å². The van der Waals surface area contributed by atoms with Gasteiger partial charge in [0.25, 0.3) is 0 Å². The molecule has 0 saturated heterocycles. The third-order valence-electron chi connectivity index (χ3n) is 6.98. The Hall–Kier alpha value is -3.53. The van der Waals surface area contributed by atoms with Gasteiger partial charge in [-0.3, -0.25) is 9.78 Å². The molecule has 0 radical (unpaired) electrons. The number of hydrogen-bond acceptors (Lipinski definition) is 5. The van der Waals surface area contributed by atoms with Crippen LogP contribution in [0.4, 0.5) is 22.0 Å². The van der Waals surface area contributed by atoms with Crippen molar-refractivity contribution in [3.8, 4) is 22.8 Å². The molecule has 0 spiro atoms. The largest absolute Gasteiger partial charge is 0.586 e. The van der Waals surface area contributed by atoms with Crippen LogP contribution in [0.1, 0.15) is 42.1 Å². The van der Waals surface area contributed by atoms with E-state index in [4.69, 9.17) is 0 Å². The minimum absolute atomic E-state index is 0.0577. The van der Waals surface area contributed by atoms with Crippen LogP contribution in [-0.4, -0.2) is 28.3 Å². The molecule has 0 bridgehead atoms. The van der Waals surface area contributed by atoms with Crippen LogP contribution < -0.4 is 9.47 Å². The second-order valence-electron chi connectivity index (χ2n) is 9.63. The number of Topliss-reactive ketones (excluding diaryl/α,β-unsaturated/α-hetero) is 1. The van der Waals surface area contributed by atoms with Crippen LogP contribution in [0.2, 0.25) is 0 Å². The standard InChI is InChI=1S/C27H22F5NO4/c1-15-6-8-19(33-23(15)16-4-3-5-17(12-16)24(2,35)26(28,29)30)14-22(34)25(10-11-25)18-7-9-20-21(13-18)37-27(31,32)36-20/h3-9,12-13,35H,10-11,14H2,1-2H3. The first-order valence-corrected chi connectivity index (χ1v) is 11.5. The van der Waals surface area contributed by atoms with Crippen molar-refractivity contribution in [2.75, 3.05) is 0 Å². The van der Waals surface area contributed by atoms with Crippen molar-refractivity contribution in [3.63, 3.8) is 0 Å². The number of pyridine rings is 1. The number of benzene rings is 2. The van der Waals surface area contributed by atoms with Crippen LogP contribution in [-0.2, 0) is 22.2 Å². The molecule has 1 aliphatic heterocycles. The molecular formula is C27H22F5NO4. The number of aryl methyl sites for hydroxylation is 1. The van der Waals surface area contributed by atoms with Gasteiger partial charge in [-0.15, -0.1) is 8.78 Å². The molecular weight excluding hydrogens is 497 g/mol. The number of nitrogens with zero attached hydrogens (tertiary/aromatic N) is 1. The lowest BCUT2D eigenvalue weighted by molar-refractivity contribution is -0.286. The fraction of sp³-hybridized carbons (Fsp3) is 0.333. The van der Waals surface area contributed by atoms with Crippen LogP contribution in [0.5, 0.6) is 11.5 Å². The van der Waals surface area contributed by atoms with E-state index >= 15 is 0 Å². The summed E-state index contributed by atoms with van der Waals surface area (Å²) in [6.45, 7) is 2.43. The molecule has 194 valence electrons. The van der Waals surface area contributed by atoms with Crippen LogP contribution in [0, 0.1) is 6.92 Å². The van der Waals surface area contributed by atoms with Crippen LogP contribution in [0.15, 0.2) is 54.6 Å². The first-order chi connectivity index (χ1) is 17.2. The quantitative estimate of drug-likeness (QED) is 0.405. The highest BCUT2D eigenvalue weighted by Gasteiger charge is 2.52. The first kappa shape index (κ1) is 25.1. The Bertz CT molecular complexity index is 1400. The molecule has 0 amide bonds. The molecule has 1 unspecified atom stereocenters. The van der Waals surface area contributed by atoms with Crippen molar-refractivity contribution >= 4 is 5.78 Å². The SMILES string of the molecule is Cc1ccc(CC(=O)C2(c3ccc4c(c3)OC(F)(F)O4)CC2)nc1-c1cccc(C(C)(O)C(F)(F)F)c1. The van der Waals surface area contributed by atoms with Crippen molar-refractivity contribution in [3.05, 3.63) is 77.0 Å². The fourth-order valence-electron chi connectivity index (χ4n) is 4.53. The predicted octanol–water partition coefficient (Wildman–Crippen LogP) is 5.99. The lowest BCUT2D eigenvalue weighted by Crippen LogP contribution is -2.39. The van der Waals surface area contributed by atoms with Gasteiger partial charge in [0.15, 0.2) is 17.1 Å². The van der Waals surface area contributed by atoms with E-state index in [-0.39, 0.29) is 29.3 Å². The van der Waals surface area contributed by atoms with Crippen molar-refractivity contribution < 1.29 is 41.3 Å².